The maximum Gasteiger partial charge on any atom is 0.0544 e. The largest absolute Gasteiger partial charge is 0.309 e. The summed E-state index contributed by atoms with van der Waals surface area (Å²) >= 11 is 2.15. The number of rotatable bonds is 3. The van der Waals surface area contributed by atoms with Gasteiger partial charge < -0.3 is 4.57 Å². The summed E-state index contributed by atoms with van der Waals surface area (Å²) in [5.41, 5.74) is 14.0. The summed E-state index contributed by atoms with van der Waals surface area (Å²) in [5, 5.41) is 2.59. The number of alkyl halides is 1. The molecule has 1 aliphatic carbocycles. The van der Waals surface area contributed by atoms with Crippen molar-refractivity contribution in [2.45, 2.75) is 19.3 Å². The van der Waals surface area contributed by atoms with E-state index in [-0.39, 0.29) is 5.41 Å². The molecule has 0 unspecified atom stereocenters. The van der Waals surface area contributed by atoms with Crippen LogP contribution < -0.4 is 0 Å². The predicted octanol–water partition coefficient (Wildman–Crippen LogP) is 11.5. The third kappa shape index (κ3) is 4.20. The molecule has 0 saturated heterocycles. The average molecular weight is 654 g/mol. The van der Waals surface area contributed by atoms with E-state index in [9.17, 15) is 0 Å². The Balaban J connectivity index is 0.00000141. The third-order valence-corrected chi connectivity index (χ3v) is 8.77. The average Bonchev–Trinajstić information content (AvgIpc) is 3.50. The van der Waals surface area contributed by atoms with Gasteiger partial charge in [-0.15, -0.1) is 0 Å². The highest BCUT2D eigenvalue weighted by Crippen LogP contribution is 2.51. The first-order valence-electron chi connectivity index (χ1n) is 14.4. The minimum absolute atomic E-state index is 0.0531. The van der Waals surface area contributed by atoms with Gasteiger partial charge in [0.1, 0.15) is 0 Å². The van der Waals surface area contributed by atoms with Crippen molar-refractivity contribution in [3.63, 3.8) is 0 Å². The molecule has 8 rings (SSSR count). The molecule has 0 bridgehead atoms. The smallest absolute Gasteiger partial charge is 0.0544 e. The van der Waals surface area contributed by atoms with Gasteiger partial charge >= 0.3 is 0 Å². The van der Waals surface area contributed by atoms with Crippen LogP contribution in [0.15, 0.2) is 140 Å². The third-order valence-electron chi connectivity index (χ3n) is 8.77. The summed E-state index contributed by atoms with van der Waals surface area (Å²) in [7, 11) is 0. The standard InChI is InChI=1S/C39H29N.CH3I/c1-39(2)35-19-11-9-17-31(35)33-24-34-32-18-10-12-20-37(32)40(38(34)25-36(33)39)30-22-28(26-13-5-3-6-14-26)21-29(23-30)27-15-7-4-8-16-27;1-2/h3-25H,1-2H3;1H3. The highest BCUT2D eigenvalue weighted by atomic mass is 127. The molecule has 0 atom stereocenters. The summed E-state index contributed by atoms with van der Waals surface area (Å²) in [5.74, 6) is 0. The Morgan fingerprint density at radius 1 is 0.452 bits per heavy atom. The van der Waals surface area contributed by atoms with E-state index in [4.69, 9.17) is 0 Å². The van der Waals surface area contributed by atoms with Gasteiger partial charge in [-0.2, -0.15) is 0 Å². The first-order valence-corrected chi connectivity index (χ1v) is 16.6. The Bertz CT molecular complexity index is 2010. The van der Waals surface area contributed by atoms with Crippen molar-refractivity contribution in [1.29, 1.82) is 0 Å². The molecule has 0 saturated carbocycles. The SMILES string of the molecule is CC1(C)c2ccccc2-c2cc3c4ccccc4n(-c4cc(-c5ccccc5)cc(-c5ccccc5)c4)c3cc21.CI. The zero-order valence-corrected chi connectivity index (χ0v) is 26.3. The molecule has 6 aromatic carbocycles. The molecular formula is C40H32IN. The van der Waals surface area contributed by atoms with E-state index in [1.54, 1.807) is 0 Å². The van der Waals surface area contributed by atoms with Crippen LogP contribution >= 0.6 is 22.6 Å². The summed E-state index contributed by atoms with van der Waals surface area (Å²) in [4.78, 5) is 1.97. The lowest BCUT2D eigenvalue weighted by Crippen LogP contribution is -2.14. The van der Waals surface area contributed by atoms with Crippen LogP contribution in [-0.4, -0.2) is 9.50 Å². The Morgan fingerprint density at radius 3 is 1.69 bits per heavy atom. The van der Waals surface area contributed by atoms with E-state index in [2.05, 4.69) is 181 Å². The number of hydrogen-bond donors (Lipinski definition) is 0. The molecule has 0 fully saturated rings. The number of benzene rings is 6. The van der Waals surface area contributed by atoms with Crippen LogP contribution in [0.25, 0.3) is 60.9 Å². The first-order chi connectivity index (χ1) is 20.6. The minimum atomic E-state index is -0.0531. The minimum Gasteiger partial charge on any atom is -0.309 e. The summed E-state index contributed by atoms with van der Waals surface area (Å²) in [6.07, 6.45) is 0. The quantitative estimate of drug-likeness (QED) is 0.132. The van der Waals surface area contributed by atoms with Gasteiger partial charge in [0.2, 0.25) is 0 Å². The highest BCUT2D eigenvalue weighted by molar-refractivity contribution is 14.1. The molecule has 42 heavy (non-hydrogen) atoms. The van der Waals surface area contributed by atoms with Gasteiger partial charge in [0.25, 0.3) is 0 Å². The second-order valence-corrected chi connectivity index (χ2v) is 11.4. The lowest BCUT2D eigenvalue weighted by atomic mass is 9.82. The van der Waals surface area contributed by atoms with Crippen LogP contribution in [0.4, 0.5) is 0 Å². The molecule has 1 nitrogen and oxygen atoms in total. The van der Waals surface area contributed by atoms with Crippen molar-refractivity contribution in [3.05, 3.63) is 151 Å². The number of hydrogen-bond acceptors (Lipinski definition) is 0. The Morgan fingerprint density at radius 2 is 1.02 bits per heavy atom. The van der Waals surface area contributed by atoms with Gasteiger partial charge in [-0.05, 0) is 85.8 Å². The molecule has 0 amide bonds. The number of fused-ring (bicyclic) bond motifs is 6. The van der Waals surface area contributed by atoms with E-state index < -0.39 is 0 Å². The first kappa shape index (κ1) is 26.7. The normalized spacial score (nSPS) is 13.0. The molecule has 0 N–H and O–H groups in total. The van der Waals surface area contributed by atoms with E-state index >= 15 is 0 Å². The molecule has 1 heterocycles. The Labute approximate surface area is 261 Å². The molecule has 7 aromatic rings. The monoisotopic (exact) mass is 653 g/mol. The maximum atomic E-state index is 2.48. The number of halogens is 1. The van der Waals surface area contributed by atoms with Crippen molar-refractivity contribution >= 4 is 44.4 Å². The molecule has 2 heteroatoms. The molecule has 0 aliphatic heterocycles. The second kappa shape index (κ2) is 10.6. The van der Waals surface area contributed by atoms with Crippen molar-refractivity contribution in [1.82, 2.24) is 4.57 Å². The zero-order valence-electron chi connectivity index (χ0n) is 24.1. The van der Waals surface area contributed by atoms with Gasteiger partial charge in [-0.1, -0.05) is 140 Å². The van der Waals surface area contributed by atoms with Gasteiger partial charge in [0, 0.05) is 21.9 Å². The van der Waals surface area contributed by atoms with Crippen molar-refractivity contribution in [3.8, 4) is 39.1 Å². The van der Waals surface area contributed by atoms with Crippen molar-refractivity contribution in [2.75, 3.05) is 4.93 Å². The van der Waals surface area contributed by atoms with Gasteiger partial charge in [-0.25, -0.2) is 0 Å². The summed E-state index contributed by atoms with van der Waals surface area (Å²) < 4.78 is 2.48. The van der Waals surface area contributed by atoms with Crippen LogP contribution in [0.2, 0.25) is 0 Å². The van der Waals surface area contributed by atoms with Gasteiger partial charge in [-0.3, -0.25) is 0 Å². The van der Waals surface area contributed by atoms with Crippen LogP contribution in [0.5, 0.6) is 0 Å². The van der Waals surface area contributed by atoms with Crippen LogP contribution in [0, 0.1) is 0 Å². The van der Waals surface area contributed by atoms with E-state index in [0.717, 1.165) is 0 Å². The number of nitrogens with zero attached hydrogens (tertiary/aromatic N) is 1. The summed E-state index contributed by atoms with van der Waals surface area (Å²) in [6, 6.07) is 51.1. The molecule has 204 valence electrons. The van der Waals surface area contributed by atoms with Gasteiger partial charge in [0.15, 0.2) is 0 Å². The fourth-order valence-electron chi connectivity index (χ4n) is 6.78. The van der Waals surface area contributed by atoms with Crippen molar-refractivity contribution in [2.24, 2.45) is 0 Å². The molecule has 1 aliphatic rings. The van der Waals surface area contributed by atoms with E-state index in [0.29, 0.717) is 0 Å². The lowest BCUT2D eigenvalue weighted by Gasteiger charge is -2.22. The topological polar surface area (TPSA) is 4.93 Å². The molecule has 1 aromatic heterocycles. The Hall–Kier alpha value is -4.15. The van der Waals surface area contributed by atoms with Crippen LogP contribution in [0.1, 0.15) is 25.0 Å². The van der Waals surface area contributed by atoms with Crippen molar-refractivity contribution < 1.29 is 0 Å². The number of para-hydroxylation sites is 1. The van der Waals surface area contributed by atoms with E-state index in [1.165, 1.54) is 72.0 Å². The molecular weight excluding hydrogens is 621 g/mol. The lowest BCUT2D eigenvalue weighted by molar-refractivity contribution is 0.661. The highest BCUT2D eigenvalue weighted by Gasteiger charge is 2.36. The van der Waals surface area contributed by atoms with Crippen LogP contribution in [-0.2, 0) is 5.41 Å². The van der Waals surface area contributed by atoms with Gasteiger partial charge in [0.05, 0.1) is 11.0 Å². The fourth-order valence-corrected chi connectivity index (χ4v) is 6.78. The van der Waals surface area contributed by atoms with Crippen LogP contribution in [0.3, 0.4) is 0 Å². The van der Waals surface area contributed by atoms with E-state index in [1.807, 2.05) is 4.93 Å². The fraction of sp³-hybridized carbons (Fsp3) is 0.100. The zero-order chi connectivity index (χ0) is 28.8. The molecule has 0 radical (unpaired) electrons. The second-order valence-electron chi connectivity index (χ2n) is 11.4. The summed E-state index contributed by atoms with van der Waals surface area (Å²) in [6.45, 7) is 4.72. The number of aromatic nitrogens is 1. The maximum absolute atomic E-state index is 2.48. The Kier molecular flexibility index (Phi) is 6.74. The molecule has 0 spiro atoms. The predicted molar refractivity (Wildman–Crippen MR) is 189 cm³/mol.